The zero-order valence-corrected chi connectivity index (χ0v) is 18.2. The van der Waals surface area contributed by atoms with Gasteiger partial charge in [-0.25, -0.2) is 0 Å². The van der Waals surface area contributed by atoms with Gasteiger partial charge < -0.3 is 14.6 Å². The van der Waals surface area contributed by atoms with Crippen molar-refractivity contribution in [1.82, 2.24) is 10.1 Å². The fourth-order valence-corrected chi connectivity index (χ4v) is 3.58. The average molecular weight is 434 g/mol. The molecule has 1 N–H and O–H groups in total. The Hall–Kier alpha value is -4.38. The van der Waals surface area contributed by atoms with Crippen LogP contribution in [0.15, 0.2) is 108 Å². The van der Waals surface area contributed by atoms with Crippen LogP contribution in [0.3, 0.4) is 0 Å². The first-order valence-corrected chi connectivity index (χ1v) is 10.8. The molecule has 0 saturated heterocycles. The Balaban J connectivity index is 1.35. The summed E-state index contributed by atoms with van der Waals surface area (Å²) in [5.74, 6) is 1.88. The summed E-state index contributed by atoms with van der Waals surface area (Å²) in [6, 6.07) is 34.2. The molecule has 2 heterocycles. The maximum absolute atomic E-state index is 5.86. The van der Waals surface area contributed by atoms with Crippen LogP contribution in [-0.4, -0.2) is 10.1 Å². The first-order valence-electron chi connectivity index (χ1n) is 10.8. The minimum absolute atomic E-state index is 0.461. The predicted octanol–water partition coefficient (Wildman–Crippen LogP) is 7.03. The van der Waals surface area contributed by atoms with E-state index in [1.807, 2.05) is 85.8 Å². The lowest BCUT2D eigenvalue weighted by molar-refractivity contribution is 0.294. The van der Waals surface area contributed by atoms with Gasteiger partial charge in [0, 0.05) is 11.6 Å². The summed E-state index contributed by atoms with van der Waals surface area (Å²) < 4.78 is 11.5. The number of benzene rings is 3. The van der Waals surface area contributed by atoms with E-state index in [1.54, 1.807) is 0 Å². The van der Waals surface area contributed by atoms with Gasteiger partial charge in [0.15, 0.2) is 5.76 Å². The number of pyridine rings is 1. The number of ether oxygens (including phenoxy) is 1. The monoisotopic (exact) mass is 433 g/mol. The van der Waals surface area contributed by atoms with Crippen molar-refractivity contribution in [2.24, 2.45) is 0 Å². The summed E-state index contributed by atoms with van der Waals surface area (Å²) in [6.45, 7) is 2.37. The largest absolute Gasteiger partial charge is 0.473 e. The number of hydrogen-bond acceptors (Lipinski definition) is 5. The molecule has 5 nitrogen and oxygen atoms in total. The maximum atomic E-state index is 5.86. The molecule has 162 valence electrons. The van der Waals surface area contributed by atoms with Crippen molar-refractivity contribution < 1.29 is 9.26 Å². The number of aromatic nitrogens is 2. The lowest BCUT2D eigenvalue weighted by atomic mass is 10.0. The molecule has 5 aromatic rings. The van der Waals surface area contributed by atoms with Crippen molar-refractivity contribution in [2.45, 2.75) is 13.5 Å². The molecule has 5 heteroatoms. The average Bonchev–Trinajstić information content (AvgIpc) is 3.24. The molecule has 33 heavy (non-hydrogen) atoms. The predicted molar refractivity (Wildman–Crippen MR) is 130 cm³/mol. The topological polar surface area (TPSA) is 60.2 Å². The quantitative estimate of drug-likeness (QED) is 0.298. The standard InChI is InChI=1S/C28H23N3O2/c1-20-27(30-25-13-8-14-26(29-25)32-19-21-9-4-2-5-10-21)28(33-31-20)24-17-15-23(16-18-24)22-11-6-3-7-12-22/h2-18H,19H2,1H3,(H,29,30). The van der Waals surface area contributed by atoms with E-state index < -0.39 is 0 Å². The highest BCUT2D eigenvalue weighted by molar-refractivity contribution is 5.79. The second kappa shape index (κ2) is 9.40. The van der Waals surface area contributed by atoms with Gasteiger partial charge in [-0.1, -0.05) is 96.2 Å². The lowest BCUT2D eigenvalue weighted by Gasteiger charge is -2.10. The summed E-state index contributed by atoms with van der Waals surface area (Å²) in [5.41, 5.74) is 5.90. The summed E-state index contributed by atoms with van der Waals surface area (Å²) in [4.78, 5) is 4.59. The van der Waals surface area contributed by atoms with E-state index in [0.29, 0.717) is 24.1 Å². The molecule has 0 aliphatic carbocycles. The fraction of sp³-hybridized carbons (Fsp3) is 0.0714. The molecule has 0 fully saturated rings. The molecular formula is C28H23N3O2. The first kappa shape index (κ1) is 20.5. The van der Waals surface area contributed by atoms with Gasteiger partial charge in [-0.3, -0.25) is 0 Å². The Bertz CT molecular complexity index is 1330. The Morgan fingerprint density at radius 3 is 2.15 bits per heavy atom. The Kier molecular flexibility index (Phi) is 5.85. The minimum atomic E-state index is 0.461. The molecule has 0 saturated carbocycles. The zero-order valence-electron chi connectivity index (χ0n) is 18.2. The van der Waals surface area contributed by atoms with Crippen molar-refractivity contribution in [3.8, 4) is 28.3 Å². The number of nitrogens with zero attached hydrogens (tertiary/aromatic N) is 2. The van der Waals surface area contributed by atoms with E-state index in [9.17, 15) is 0 Å². The highest BCUT2D eigenvalue weighted by atomic mass is 16.5. The molecular weight excluding hydrogens is 410 g/mol. The van der Waals surface area contributed by atoms with Crippen molar-refractivity contribution >= 4 is 11.5 Å². The number of rotatable bonds is 7. The van der Waals surface area contributed by atoms with E-state index >= 15 is 0 Å². The van der Waals surface area contributed by atoms with Gasteiger partial charge >= 0.3 is 0 Å². The van der Waals surface area contributed by atoms with Crippen LogP contribution in [0.2, 0.25) is 0 Å². The van der Waals surface area contributed by atoms with Crippen LogP contribution < -0.4 is 10.1 Å². The Labute approximate surface area is 192 Å². The fourth-order valence-electron chi connectivity index (χ4n) is 3.58. The lowest BCUT2D eigenvalue weighted by Crippen LogP contribution is -2.00. The van der Waals surface area contributed by atoms with E-state index in [4.69, 9.17) is 9.26 Å². The molecule has 5 rings (SSSR count). The summed E-state index contributed by atoms with van der Waals surface area (Å²) in [6.07, 6.45) is 0. The van der Waals surface area contributed by atoms with E-state index in [1.165, 1.54) is 5.56 Å². The summed E-state index contributed by atoms with van der Waals surface area (Å²) in [5, 5.41) is 7.53. The Morgan fingerprint density at radius 2 is 1.39 bits per heavy atom. The zero-order chi connectivity index (χ0) is 22.5. The molecule has 0 amide bonds. The van der Waals surface area contributed by atoms with Gasteiger partial charge in [-0.2, -0.15) is 4.98 Å². The van der Waals surface area contributed by atoms with Gasteiger partial charge in [0.25, 0.3) is 0 Å². The number of hydrogen-bond donors (Lipinski definition) is 1. The second-order valence-corrected chi connectivity index (χ2v) is 7.68. The van der Waals surface area contributed by atoms with Crippen molar-refractivity contribution in [3.63, 3.8) is 0 Å². The smallest absolute Gasteiger partial charge is 0.215 e. The van der Waals surface area contributed by atoms with Crippen LogP contribution in [-0.2, 0) is 6.61 Å². The van der Waals surface area contributed by atoms with Crippen molar-refractivity contribution in [1.29, 1.82) is 0 Å². The second-order valence-electron chi connectivity index (χ2n) is 7.68. The van der Waals surface area contributed by atoms with E-state index in [2.05, 4.69) is 39.7 Å². The van der Waals surface area contributed by atoms with Gasteiger partial charge in [-0.05, 0) is 29.7 Å². The van der Waals surface area contributed by atoms with Crippen molar-refractivity contribution in [2.75, 3.05) is 5.32 Å². The highest BCUT2D eigenvalue weighted by Crippen LogP contribution is 2.34. The van der Waals surface area contributed by atoms with E-state index in [0.717, 1.165) is 28.1 Å². The molecule has 0 radical (unpaired) electrons. The van der Waals surface area contributed by atoms with Crippen LogP contribution in [0.4, 0.5) is 11.5 Å². The SMILES string of the molecule is Cc1noc(-c2ccc(-c3ccccc3)cc2)c1Nc1cccc(OCc2ccccc2)n1. The molecule has 0 unspecified atom stereocenters. The normalized spacial score (nSPS) is 10.7. The molecule has 2 aromatic heterocycles. The molecule has 0 bridgehead atoms. The van der Waals surface area contributed by atoms with Crippen molar-refractivity contribution in [3.05, 3.63) is 114 Å². The minimum Gasteiger partial charge on any atom is -0.473 e. The van der Waals surface area contributed by atoms with Crippen LogP contribution >= 0.6 is 0 Å². The molecule has 0 atom stereocenters. The third-order valence-corrected chi connectivity index (χ3v) is 5.32. The van der Waals surface area contributed by atoms with Gasteiger partial charge in [0.1, 0.15) is 23.8 Å². The Morgan fingerprint density at radius 1 is 0.727 bits per heavy atom. The molecule has 0 spiro atoms. The highest BCUT2D eigenvalue weighted by Gasteiger charge is 2.16. The summed E-state index contributed by atoms with van der Waals surface area (Å²) in [7, 11) is 0. The molecule has 0 aliphatic rings. The van der Waals surface area contributed by atoms with Gasteiger partial charge in [-0.15, -0.1) is 0 Å². The van der Waals surface area contributed by atoms with Crippen LogP contribution in [0.25, 0.3) is 22.5 Å². The number of anilines is 2. The van der Waals surface area contributed by atoms with Gasteiger partial charge in [0.05, 0.1) is 0 Å². The molecule has 0 aliphatic heterocycles. The molecule has 3 aromatic carbocycles. The maximum Gasteiger partial charge on any atom is 0.215 e. The first-order chi connectivity index (χ1) is 16.3. The van der Waals surface area contributed by atoms with Crippen LogP contribution in [0.5, 0.6) is 5.88 Å². The van der Waals surface area contributed by atoms with Crippen LogP contribution in [0, 0.1) is 6.92 Å². The number of nitrogens with one attached hydrogen (secondary N) is 1. The van der Waals surface area contributed by atoms with E-state index in [-0.39, 0.29) is 0 Å². The summed E-state index contributed by atoms with van der Waals surface area (Å²) >= 11 is 0. The van der Waals surface area contributed by atoms with Gasteiger partial charge in [0.2, 0.25) is 5.88 Å². The third-order valence-electron chi connectivity index (χ3n) is 5.32. The number of aryl methyl sites for hydroxylation is 1. The third kappa shape index (κ3) is 4.77. The van der Waals surface area contributed by atoms with Crippen LogP contribution in [0.1, 0.15) is 11.3 Å².